The van der Waals surface area contributed by atoms with Crippen LogP contribution in [0.5, 0.6) is 0 Å². The first-order valence-electron chi connectivity index (χ1n) is 10.9. The van der Waals surface area contributed by atoms with Crippen LogP contribution in [0, 0.1) is 5.92 Å². The molecular weight excluding hydrogens is 470 g/mol. The molecule has 2 aromatic heterocycles. The zero-order chi connectivity index (χ0) is 22.1. The van der Waals surface area contributed by atoms with Crippen molar-refractivity contribution in [1.29, 1.82) is 0 Å². The van der Waals surface area contributed by atoms with Gasteiger partial charge in [0.2, 0.25) is 5.91 Å². The number of carbonyl (C=O) groups excluding carboxylic acids is 2. The summed E-state index contributed by atoms with van der Waals surface area (Å²) in [5.41, 5.74) is 1.43. The highest BCUT2D eigenvalue weighted by Gasteiger charge is 2.29. The standard InChI is InChI=1S/C24H24BrN5O2/c25-16-7-10-21(26-13-16)29-23(31)15-4-3-11-30(14-15)22-12-19(24(32)27-17-8-9-17)18-5-1-2-6-20(18)28-22/h1-2,5-7,10,12-13,15,17H,3-4,8-9,11,14H2,(H,27,32)(H,26,29,31). The number of fused-ring (bicyclic) bond motifs is 1. The first-order valence-corrected chi connectivity index (χ1v) is 11.7. The molecule has 0 bridgehead atoms. The Bertz CT molecular complexity index is 1160. The van der Waals surface area contributed by atoms with Crippen LogP contribution < -0.4 is 15.5 Å². The molecule has 2 N–H and O–H groups in total. The minimum Gasteiger partial charge on any atom is -0.356 e. The summed E-state index contributed by atoms with van der Waals surface area (Å²) in [6.07, 6.45) is 5.43. The second kappa shape index (κ2) is 8.86. The summed E-state index contributed by atoms with van der Waals surface area (Å²) in [4.78, 5) is 37.0. The Morgan fingerprint density at radius 2 is 1.94 bits per heavy atom. The van der Waals surface area contributed by atoms with Crippen molar-refractivity contribution in [2.24, 2.45) is 5.92 Å². The molecule has 1 aliphatic carbocycles. The number of nitrogens with zero attached hydrogens (tertiary/aromatic N) is 3. The third-order valence-corrected chi connectivity index (χ3v) is 6.42. The van der Waals surface area contributed by atoms with Crippen molar-refractivity contribution < 1.29 is 9.59 Å². The van der Waals surface area contributed by atoms with Gasteiger partial charge in [-0.2, -0.15) is 0 Å². The van der Waals surface area contributed by atoms with E-state index in [1.807, 2.05) is 36.4 Å². The van der Waals surface area contributed by atoms with E-state index in [9.17, 15) is 9.59 Å². The highest BCUT2D eigenvalue weighted by molar-refractivity contribution is 9.10. The van der Waals surface area contributed by atoms with Crippen molar-refractivity contribution in [1.82, 2.24) is 15.3 Å². The molecule has 1 saturated carbocycles. The van der Waals surface area contributed by atoms with E-state index in [0.29, 0.717) is 17.9 Å². The number of rotatable bonds is 5. The van der Waals surface area contributed by atoms with Crippen molar-refractivity contribution >= 4 is 50.3 Å². The molecule has 0 spiro atoms. The van der Waals surface area contributed by atoms with E-state index < -0.39 is 0 Å². The maximum Gasteiger partial charge on any atom is 0.252 e. The topological polar surface area (TPSA) is 87.2 Å². The summed E-state index contributed by atoms with van der Waals surface area (Å²) in [5.74, 6) is 1.00. The molecular formula is C24H24BrN5O2. The smallest absolute Gasteiger partial charge is 0.252 e. The largest absolute Gasteiger partial charge is 0.356 e. The van der Waals surface area contributed by atoms with E-state index in [4.69, 9.17) is 4.98 Å². The van der Waals surface area contributed by atoms with Crippen LogP contribution in [0.25, 0.3) is 10.9 Å². The van der Waals surface area contributed by atoms with E-state index in [0.717, 1.165) is 53.4 Å². The molecule has 2 aliphatic rings. The zero-order valence-electron chi connectivity index (χ0n) is 17.6. The number of carbonyl (C=O) groups is 2. The van der Waals surface area contributed by atoms with Gasteiger partial charge in [0, 0.05) is 35.2 Å². The van der Waals surface area contributed by atoms with Gasteiger partial charge in [0.25, 0.3) is 5.91 Å². The minimum absolute atomic E-state index is 0.0444. The number of benzene rings is 1. The van der Waals surface area contributed by atoms with Crippen LogP contribution in [-0.2, 0) is 4.79 Å². The molecule has 0 radical (unpaired) electrons. The molecule has 1 unspecified atom stereocenters. The summed E-state index contributed by atoms with van der Waals surface area (Å²) in [6, 6.07) is 13.5. The molecule has 164 valence electrons. The maximum absolute atomic E-state index is 12.9. The SMILES string of the molecule is O=C(NC1CC1)c1cc(N2CCCC(C(=O)Nc3ccc(Br)cn3)C2)nc2ccccc12. The van der Waals surface area contributed by atoms with Crippen LogP contribution in [0.3, 0.4) is 0 Å². The van der Waals surface area contributed by atoms with Crippen LogP contribution >= 0.6 is 15.9 Å². The lowest BCUT2D eigenvalue weighted by molar-refractivity contribution is -0.120. The quantitative estimate of drug-likeness (QED) is 0.557. The van der Waals surface area contributed by atoms with E-state index >= 15 is 0 Å². The number of piperidine rings is 1. The summed E-state index contributed by atoms with van der Waals surface area (Å²) in [6.45, 7) is 1.35. The fourth-order valence-corrected chi connectivity index (χ4v) is 4.31. The molecule has 1 atom stereocenters. The zero-order valence-corrected chi connectivity index (χ0v) is 19.1. The summed E-state index contributed by atoms with van der Waals surface area (Å²) in [7, 11) is 0. The lowest BCUT2D eigenvalue weighted by atomic mass is 9.96. The molecule has 3 aromatic rings. The van der Waals surface area contributed by atoms with Gasteiger partial charge in [0.05, 0.1) is 17.0 Å². The number of hydrogen-bond acceptors (Lipinski definition) is 5. The molecule has 8 heteroatoms. The Labute approximate surface area is 194 Å². The average Bonchev–Trinajstić information content (AvgIpc) is 3.64. The van der Waals surface area contributed by atoms with Gasteiger partial charge in [0.1, 0.15) is 11.6 Å². The van der Waals surface area contributed by atoms with E-state index in [-0.39, 0.29) is 23.8 Å². The number of aromatic nitrogens is 2. The molecule has 3 heterocycles. The van der Waals surface area contributed by atoms with Crippen molar-refractivity contribution in [3.05, 3.63) is 58.7 Å². The normalized spacial score (nSPS) is 18.4. The fourth-order valence-electron chi connectivity index (χ4n) is 4.08. The van der Waals surface area contributed by atoms with E-state index in [1.54, 1.807) is 12.3 Å². The van der Waals surface area contributed by atoms with Gasteiger partial charge in [-0.15, -0.1) is 0 Å². The highest BCUT2D eigenvalue weighted by atomic mass is 79.9. The number of para-hydroxylation sites is 1. The maximum atomic E-state index is 12.9. The van der Waals surface area contributed by atoms with Crippen molar-refractivity contribution in [3.8, 4) is 0 Å². The predicted octanol–water partition coefficient (Wildman–Crippen LogP) is 4.14. The Morgan fingerprint density at radius 1 is 1.09 bits per heavy atom. The summed E-state index contributed by atoms with van der Waals surface area (Å²) in [5, 5.41) is 6.86. The molecule has 32 heavy (non-hydrogen) atoms. The predicted molar refractivity (Wildman–Crippen MR) is 128 cm³/mol. The Morgan fingerprint density at radius 3 is 2.72 bits per heavy atom. The summed E-state index contributed by atoms with van der Waals surface area (Å²) < 4.78 is 0.864. The number of nitrogens with one attached hydrogen (secondary N) is 2. The Kier molecular flexibility index (Phi) is 5.78. The van der Waals surface area contributed by atoms with Crippen LogP contribution in [0.1, 0.15) is 36.0 Å². The van der Waals surface area contributed by atoms with Gasteiger partial charge in [-0.05, 0) is 65.9 Å². The Hall–Kier alpha value is -3.00. The van der Waals surface area contributed by atoms with Gasteiger partial charge in [-0.3, -0.25) is 9.59 Å². The van der Waals surface area contributed by atoms with Crippen LogP contribution in [0.2, 0.25) is 0 Å². The number of halogens is 1. The molecule has 1 aliphatic heterocycles. The van der Waals surface area contributed by atoms with Crippen molar-refractivity contribution in [2.75, 3.05) is 23.3 Å². The van der Waals surface area contributed by atoms with Crippen molar-refractivity contribution in [3.63, 3.8) is 0 Å². The number of pyridine rings is 2. The van der Waals surface area contributed by atoms with Gasteiger partial charge in [-0.1, -0.05) is 18.2 Å². The van der Waals surface area contributed by atoms with E-state index in [2.05, 4.69) is 36.4 Å². The third kappa shape index (κ3) is 4.60. The van der Waals surface area contributed by atoms with Gasteiger partial charge < -0.3 is 15.5 Å². The number of anilines is 2. The molecule has 5 rings (SSSR count). The first-order chi connectivity index (χ1) is 15.6. The molecule has 2 fully saturated rings. The monoisotopic (exact) mass is 493 g/mol. The van der Waals surface area contributed by atoms with Crippen LogP contribution in [-0.4, -0.2) is 40.9 Å². The lowest BCUT2D eigenvalue weighted by Crippen LogP contribution is -2.41. The average molecular weight is 494 g/mol. The first kappa shape index (κ1) is 20.9. The van der Waals surface area contributed by atoms with Crippen LogP contribution in [0.15, 0.2) is 53.1 Å². The Balaban J connectivity index is 1.37. The van der Waals surface area contributed by atoms with Gasteiger partial charge in [0.15, 0.2) is 0 Å². The third-order valence-electron chi connectivity index (χ3n) is 5.95. The van der Waals surface area contributed by atoms with E-state index in [1.165, 1.54) is 0 Å². The number of hydrogen-bond donors (Lipinski definition) is 2. The summed E-state index contributed by atoms with van der Waals surface area (Å²) >= 11 is 3.35. The van der Waals surface area contributed by atoms with Crippen LogP contribution in [0.4, 0.5) is 11.6 Å². The fraction of sp³-hybridized carbons (Fsp3) is 0.333. The van der Waals surface area contributed by atoms with Gasteiger partial charge >= 0.3 is 0 Å². The molecule has 1 saturated heterocycles. The van der Waals surface area contributed by atoms with Crippen molar-refractivity contribution in [2.45, 2.75) is 31.7 Å². The number of amides is 2. The minimum atomic E-state index is -0.175. The molecule has 7 nitrogen and oxygen atoms in total. The van der Waals surface area contributed by atoms with Gasteiger partial charge in [-0.25, -0.2) is 9.97 Å². The molecule has 2 amide bonds. The highest BCUT2D eigenvalue weighted by Crippen LogP contribution is 2.28. The lowest BCUT2D eigenvalue weighted by Gasteiger charge is -2.33. The second-order valence-electron chi connectivity index (χ2n) is 8.43. The molecule has 1 aromatic carbocycles. The second-order valence-corrected chi connectivity index (χ2v) is 9.34.